The molecule has 0 unspecified atom stereocenters. The first-order valence-electron chi connectivity index (χ1n) is 3.14. The molecule has 4 N–H and O–H groups in total. The summed E-state index contributed by atoms with van der Waals surface area (Å²) in [4.78, 5) is 3.92. The lowest BCUT2D eigenvalue weighted by Gasteiger charge is -1.92. The molecular formula is C6H7N5. The third kappa shape index (κ3) is 0.778. The Labute approximate surface area is 62.6 Å². The van der Waals surface area contributed by atoms with E-state index < -0.39 is 0 Å². The molecule has 0 fully saturated rings. The minimum Gasteiger partial charge on any atom is -0.396 e. The second-order valence-electron chi connectivity index (χ2n) is 2.20. The SMILES string of the molecule is Nc1nc2c(N)cccn2n1. The van der Waals surface area contributed by atoms with Crippen molar-refractivity contribution >= 4 is 17.3 Å². The van der Waals surface area contributed by atoms with Crippen LogP contribution < -0.4 is 11.5 Å². The van der Waals surface area contributed by atoms with Gasteiger partial charge in [0.25, 0.3) is 0 Å². The van der Waals surface area contributed by atoms with E-state index in [-0.39, 0.29) is 5.95 Å². The molecule has 11 heavy (non-hydrogen) atoms. The fraction of sp³-hybridized carbons (Fsp3) is 0. The van der Waals surface area contributed by atoms with Gasteiger partial charge in [-0.3, -0.25) is 0 Å². The summed E-state index contributed by atoms with van der Waals surface area (Å²) in [7, 11) is 0. The number of fused-ring (bicyclic) bond motifs is 1. The summed E-state index contributed by atoms with van der Waals surface area (Å²) >= 11 is 0. The van der Waals surface area contributed by atoms with Crippen LogP contribution in [0, 0.1) is 0 Å². The van der Waals surface area contributed by atoms with Crippen LogP contribution in [0.3, 0.4) is 0 Å². The van der Waals surface area contributed by atoms with Crippen molar-refractivity contribution in [1.82, 2.24) is 14.6 Å². The number of hydrogen-bond acceptors (Lipinski definition) is 4. The predicted molar refractivity (Wildman–Crippen MR) is 41.8 cm³/mol. The number of nitrogens with zero attached hydrogens (tertiary/aromatic N) is 3. The van der Waals surface area contributed by atoms with Crippen LogP contribution in [0.15, 0.2) is 18.3 Å². The highest BCUT2D eigenvalue weighted by Crippen LogP contribution is 2.09. The van der Waals surface area contributed by atoms with Crippen LogP contribution >= 0.6 is 0 Å². The molecule has 0 aromatic carbocycles. The molecule has 0 spiro atoms. The van der Waals surface area contributed by atoms with Crippen LogP contribution in [0.1, 0.15) is 0 Å². The van der Waals surface area contributed by atoms with Gasteiger partial charge in [0.15, 0.2) is 5.65 Å². The van der Waals surface area contributed by atoms with E-state index in [0.29, 0.717) is 11.3 Å². The Morgan fingerprint density at radius 3 is 2.91 bits per heavy atom. The molecule has 0 radical (unpaired) electrons. The van der Waals surface area contributed by atoms with E-state index in [9.17, 15) is 0 Å². The third-order valence-corrected chi connectivity index (χ3v) is 1.41. The molecule has 2 aromatic heterocycles. The Morgan fingerprint density at radius 2 is 2.18 bits per heavy atom. The van der Waals surface area contributed by atoms with E-state index in [1.807, 2.05) is 0 Å². The van der Waals surface area contributed by atoms with Gasteiger partial charge in [0.2, 0.25) is 5.95 Å². The van der Waals surface area contributed by atoms with Crippen LogP contribution in [-0.4, -0.2) is 14.6 Å². The van der Waals surface area contributed by atoms with Gasteiger partial charge in [-0.15, -0.1) is 5.10 Å². The Kier molecular flexibility index (Phi) is 1.00. The molecular weight excluding hydrogens is 142 g/mol. The number of pyridine rings is 1. The average molecular weight is 149 g/mol. The van der Waals surface area contributed by atoms with Gasteiger partial charge in [-0.05, 0) is 12.1 Å². The van der Waals surface area contributed by atoms with Crippen LogP contribution in [0.5, 0.6) is 0 Å². The zero-order valence-corrected chi connectivity index (χ0v) is 5.73. The van der Waals surface area contributed by atoms with Gasteiger partial charge >= 0.3 is 0 Å². The van der Waals surface area contributed by atoms with Crippen LogP contribution in [0.2, 0.25) is 0 Å². The zero-order valence-electron chi connectivity index (χ0n) is 5.73. The van der Waals surface area contributed by atoms with Crippen LogP contribution in [0.25, 0.3) is 5.65 Å². The minimum atomic E-state index is 0.239. The maximum atomic E-state index is 5.59. The average Bonchev–Trinajstić information content (AvgIpc) is 2.31. The van der Waals surface area contributed by atoms with E-state index in [1.165, 1.54) is 0 Å². The summed E-state index contributed by atoms with van der Waals surface area (Å²) in [6, 6.07) is 3.54. The molecule has 0 atom stereocenters. The highest BCUT2D eigenvalue weighted by molar-refractivity contribution is 5.64. The largest absolute Gasteiger partial charge is 0.396 e. The molecule has 0 aliphatic carbocycles. The van der Waals surface area contributed by atoms with E-state index in [2.05, 4.69) is 10.1 Å². The van der Waals surface area contributed by atoms with E-state index >= 15 is 0 Å². The Hall–Kier alpha value is -1.78. The van der Waals surface area contributed by atoms with Crippen molar-refractivity contribution in [2.24, 2.45) is 0 Å². The fourth-order valence-electron chi connectivity index (χ4n) is 0.943. The first kappa shape index (κ1) is 5.96. The predicted octanol–water partition coefficient (Wildman–Crippen LogP) is -0.106. The molecule has 0 aliphatic rings. The van der Waals surface area contributed by atoms with E-state index in [1.54, 1.807) is 22.8 Å². The standard InChI is InChI=1S/C6H7N5/c7-4-2-1-3-11-5(4)9-6(8)10-11/h1-3H,7H2,(H2,8,10). The summed E-state index contributed by atoms with van der Waals surface area (Å²) in [5.74, 6) is 0.239. The molecule has 2 aromatic rings. The fourth-order valence-corrected chi connectivity index (χ4v) is 0.943. The van der Waals surface area contributed by atoms with Gasteiger partial charge in [0.1, 0.15) is 0 Å². The van der Waals surface area contributed by atoms with Gasteiger partial charge in [-0.25, -0.2) is 4.52 Å². The summed E-state index contributed by atoms with van der Waals surface area (Å²) in [6.07, 6.45) is 1.75. The number of anilines is 2. The van der Waals surface area contributed by atoms with Crippen molar-refractivity contribution in [3.63, 3.8) is 0 Å². The van der Waals surface area contributed by atoms with Gasteiger partial charge in [0.05, 0.1) is 5.69 Å². The highest BCUT2D eigenvalue weighted by atomic mass is 15.3. The van der Waals surface area contributed by atoms with Crippen molar-refractivity contribution in [3.8, 4) is 0 Å². The molecule has 2 rings (SSSR count). The lowest BCUT2D eigenvalue weighted by molar-refractivity contribution is 0.969. The summed E-state index contributed by atoms with van der Waals surface area (Å²) < 4.78 is 1.55. The Balaban J connectivity index is 2.90. The molecule has 2 heterocycles. The molecule has 0 aliphatic heterocycles. The van der Waals surface area contributed by atoms with Gasteiger partial charge in [0, 0.05) is 6.20 Å². The highest BCUT2D eigenvalue weighted by Gasteiger charge is 2.00. The summed E-state index contributed by atoms with van der Waals surface area (Å²) in [5, 5.41) is 3.88. The van der Waals surface area contributed by atoms with Gasteiger partial charge in [-0.2, -0.15) is 4.98 Å². The normalized spacial score (nSPS) is 10.5. The number of nitrogen functional groups attached to an aromatic ring is 2. The number of rotatable bonds is 0. The monoisotopic (exact) mass is 149 g/mol. The van der Waals surface area contributed by atoms with Crippen molar-refractivity contribution in [3.05, 3.63) is 18.3 Å². The topological polar surface area (TPSA) is 82.2 Å². The summed E-state index contributed by atoms with van der Waals surface area (Å²) in [6.45, 7) is 0. The Bertz CT molecular complexity index is 391. The molecule has 56 valence electrons. The maximum Gasteiger partial charge on any atom is 0.240 e. The third-order valence-electron chi connectivity index (χ3n) is 1.41. The van der Waals surface area contributed by atoms with Gasteiger partial charge < -0.3 is 11.5 Å². The molecule has 5 heteroatoms. The molecule has 0 amide bonds. The van der Waals surface area contributed by atoms with Crippen LogP contribution in [0.4, 0.5) is 11.6 Å². The number of hydrogen-bond donors (Lipinski definition) is 2. The van der Waals surface area contributed by atoms with Crippen molar-refractivity contribution in [1.29, 1.82) is 0 Å². The number of nitrogens with two attached hydrogens (primary N) is 2. The second kappa shape index (κ2) is 1.85. The maximum absolute atomic E-state index is 5.59. The second-order valence-corrected chi connectivity index (χ2v) is 2.20. The van der Waals surface area contributed by atoms with Gasteiger partial charge in [-0.1, -0.05) is 0 Å². The zero-order chi connectivity index (χ0) is 7.84. The van der Waals surface area contributed by atoms with Crippen molar-refractivity contribution < 1.29 is 0 Å². The molecule has 5 nitrogen and oxygen atoms in total. The molecule has 0 saturated heterocycles. The molecule has 0 saturated carbocycles. The van der Waals surface area contributed by atoms with Crippen LogP contribution in [-0.2, 0) is 0 Å². The lowest BCUT2D eigenvalue weighted by Crippen LogP contribution is -1.92. The smallest absolute Gasteiger partial charge is 0.240 e. The van der Waals surface area contributed by atoms with E-state index in [4.69, 9.17) is 11.5 Å². The first-order valence-corrected chi connectivity index (χ1v) is 3.14. The minimum absolute atomic E-state index is 0.239. The van der Waals surface area contributed by atoms with Crippen molar-refractivity contribution in [2.75, 3.05) is 11.5 Å². The quantitative estimate of drug-likeness (QED) is 0.547. The molecule has 0 bridgehead atoms. The Morgan fingerprint density at radius 1 is 1.36 bits per heavy atom. The lowest BCUT2D eigenvalue weighted by atomic mass is 10.4. The number of aromatic nitrogens is 3. The van der Waals surface area contributed by atoms with Crippen molar-refractivity contribution in [2.45, 2.75) is 0 Å². The summed E-state index contributed by atoms with van der Waals surface area (Å²) in [5.41, 5.74) is 12.1. The first-order chi connectivity index (χ1) is 5.27. The van der Waals surface area contributed by atoms with E-state index in [0.717, 1.165) is 0 Å².